The van der Waals surface area contributed by atoms with Gasteiger partial charge in [-0.25, -0.2) is 9.59 Å². The molecule has 4 atom stereocenters. The minimum absolute atomic E-state index is 0.0252. The molecule has 0 saturated carbocycles. The summed E-state index contributed by atoms with van der Waals surface area (Å²) < 4.78 is 6.11. The third-order valence-electron chi connectivity index (χ3n) is 5.44. The maximum Gasteiger partial charge on any atom is 0.408 e. The van der Waals surface area contributed by atoms with Crippen molar-refractivity contribution < 1.29 is 24.5 Å². The molecule has 1 aromatic carbocycles. The third-order valence-corrected chi connectivity index (χ3v) is 5.93. The zero-order chi connectivity index (χ0) is 21.3. The fourth-order valence-electron chi connectivity index (χ4n) is 4.59. The van der Waals surface area contributed by atoms with Crippen LogP contribution in [0, 0.1) is 11.3 Å². The van der Waals surface area contributed by atoms with E-state index in [9.17, 15) is 19.8 Å². The van der Waals surface area contributed by atoms with Gasteiger partial charge >= 0.3 is 12.1 Å². The number of amides is 1. The van der Waals surface area contributed by atoms with Crippen LogP contribution in [0.5, 0.6) is 0 Å². The number of carbonyl (C=O) groups excluding carboxylic acids is 1. The Hall–Kier alpha value is -1.86. The van der Waals surface area contributed by atoms with E-state index in [4.69, 9.17) is 4.74 Å². The van der Waals surface area contributed by atoms with E-state index in [0.29, 0.717) is 5.56 Å². The Morgan fingerprint density at radius 3 is 2.50 bits per heavy atom. The quantitative estimate of drug-likeness (QED) is 0.509. The Bertz CT molecular complexity index is 759. The van der Waals surface area contributed by atoms with Gasteiger partial charge in [0, 0.05) is 10.4 Å². The molecule has 4 unspecified atom stereocenters. The van der Waals surface area contributed by atoms with Gasteiger partial charge in [0.25, 0.3) is 0 Å². The highest BCUT2D eigenvalue weighted by Crippen LogP contribution is 2.55. The summed E-state index contributed by atoms with van der Waals surface area (Å²) in [7, 11) is 0. The number of carboxylic acid groups (broad SMARTS) is 1. The third kappa shape index (κ3) is 3.70. The van der Waals surface area contributed by atoms with E-state index in [1.165, 1.54) is 6.08 Å². The highest BCUT2D eigenvalue weighted by atomic mass is 79.9. The molecule has 28 heavy (non-hydrogen) atoms. The monoisotopic (exact) mass is 453 g/mol. The van der Waals surface area contributed by atoms with Gasteiger partial charge in [-0.1, -0.05) is 68.4 Å². The van der Waals surface area contributed by atoms with Gasteiger partial charge in [0.05, 0.1) is 12.1 Å². The number of hydrogen-bond donors (Lipinski definition) is 2. The van der Waals surface area contributed by atoms with Crippen molar-refractivity contribution >= 4 is 28.0 Å². The van der Waals surface area contributed by atoms with Crippen LogP contribution < -0.4 is 0 Å². The molecule has 7 heteroatoms. The molecule has 1 aromatic rings. The first kappa shape index (κ1) is 22.4. The number of ether oxygens (including phenoxy) is 1. The fourth-order valence-corrected chi connectivity index (χ4v) is 5.01. The van der Waals surface area contributed by atoms with Crippen molar-refractivity contribution in [3.63, 3.8) is 0 Å². The van der Waals surface area contributed by atoms with Crippen LogP contribution in [-0.4, -0.2) is 45.4 Å². The molecular weight excluding hydrogens is 426 g/mol. The molecule has 6 nitrogen and oxygen atoms in total. The van der Waals surface area contributed by atoms with Crippen molar-refractivity contribution in [2.75, 3.05) is 6.61 Å². The van der Waals surface area contributed by atoms with Crippen molar-refractivity contribution in [1.82, 2.24) is 4.90 Å². The summed E-state index contributed by atoms with van der Waals surface area (Å²) >= 11 is 3.40. The summed E-state index contributed by atoms with van der Waals surface area (Å²) in [4.78, 5) is 26.7. The molecule has 0 bridgehead atoms. The number of halogens is 1. The highest BCUT2D eigenvalue weighted by Gasteiger charge is 2.67. The van der Waals surface area contributed by atoms with E-state index >= 15 is 0 Å². The second-order valence-corrected chi connectivity index (χ2v) is 9.07. The van der Waals surface area contributed by atoms with Gasteiger partial charge in [-0.2, -0.15) is 0 Å². The first-order chi connectivity index (χ1) is 13.0. The van der Waals surface area contributed by atoms with Crippen LogP contribution in [0.3, 0.4) is 0 Å². The van der Waals surface area contributed by atoms with E-state index in [1.54, 1.807) is 25.1 Å². The first-order valence-corrected chi connectivity index (χ1v) is 10.1. The highest BCUT2D eigenvalue weighted by molar-refractivity contribution is 9.10. The lowest BCUT2D eigenvalue weighted by Crippen LogP contribution is -2.59. The van der Waals surface area contributed by atoms with Crippen LogP contribution in [0.25, 0.3) is 0 Å². The lowest BCUT2D eigenvalue weighted by atomic mass is 9.66. The summed E-state index contributed by atoms with van der Waals surface area (Å²) in [5.41, 5.74) is -1.46. The van der Waals surface area contributed by atoms with Crippen molar-refractivity contribution in [3.05, 3.63) is 47.0 Å². The van der Waals surface area contributed by atoms with Crippen LogP contribution in [0.15, 0.2) is 41.4 Å². The molecule has 0 aromatic heterocycles. The average molecular weight is 454 g/mol. The van der Waals surface area contributed by atoms with Gasteiger partial charge in [-0.15, -0.1) is 0 Å². The van der Waals surface area contributed by atoms with Gasteiger partial charge in [0.1, 0.15) is 12.1 Å². The molecule has 0 aliphatic carbocycles. The molecular formula is C21H28BrNO5. The molecule has 1 amide bonds. The number of esters is 1. The number of benzene rings is 1. The molecule has 1 aliphatic rings. The number of rotatable bonds is 5. The largest absolute Gasteiger partial charge is 0.465 e. The van der Waals surface area contributed by atoms with Crippen molar-refractivity contribution in [3.8, 4) is 0 Å². The number of likely N-dealkylation sites (tertiary alicyclic amines) is 1. The number of aliphatic hydroxyl groups excluding tert-OH is 1. The van der Waals surface area contributed by atoms with Crippen LogP contribution >= 0.6 is 15.9 Å². The SMILES string of the molecule is C=CCOC(=O)C1(CC)C(C(C)(C)C)C(O)C(c2cccc(Br)c2)N1C(=O)O. The molecule has 1 fully saturated rings. The number of hydrogen-bond acceptors (Lipinski definition) is 4. The summed E-state index contributed by atoms with van der Waals surface area (Å²) in [6, 6.07) is 6.23. The summed E-state index contributed by atoms with van der Waals surface area (Å²) in [6.07, 6.45) is -0.733. The maximum atomic E-state index is 13.2. The second-order valence-electron chi connectivity index (χ2n) is 8.15. The maximum absolute atomic E-state index is 13.2. The van der Waals surface area contributed by atoms with Gasteiger partial charge in [-0.3, -0.25) is 4.90 Å². The molecule has 1 heterocycles. The zero-order valence-corrected chi connectivity index (χ0v) is 18.3. The predicted molar refractivity (Wildman–Crippen MR) is 110 cm³/mol. The number of nitrogens with zero attached hydrogens (tertiary/aromatic N) is 1. The lowest BCUT2D eigenvalue weighted by Gasteiger charge is -2.43. The standard InChI is InChI=1S/C21H28BrNO5/c1-6-11-28-18(25)21(7-2)17(20(3,4)5)16(24)15(23(21)19(26)27)13-9-8-10-14(22)12-13/h6,8-10,12,15-17,24H,1,7,11H2,2-5H3,(H,26,27). The van der Waals surface area contributed by atoms with E-state index in [-0.39, 0.29) is 13.0 Å². The Balaban J connectivity index is 2.75. The number of aliphatic hydroxyl groups is 1. The Labute approximate surface area is 174 Å². The van der Waals surface area contributed by atoms with Crippen molar-refractivity contribution in [2.24, 2.45) is 11.3 Å². The molecule has 1 saturated heterocycles. The summed E-state index contributed by atoms with van der Waals surface area (Å²) in [6.45, 7) is 11.0. The molecule has 1 aliphatic heterocycles. The summed E-state index contributed by atoms with van der Waals surface area (Å²) in [5, 5.41) is 21.5. The van der Waals surface area contributed by atoms with Gasteiger partial charge in [0.2, 0.25) is 0 Å². The van der Waals surface area contributed by atoms with Crippen molar-refractivity contribution in [2.45, 2.75) is 51.8 Å². The Morgan fingerprint density at radius 1 is 1.39 bits per heavy atom. The normalized spacial score (nSPS) is 27.5. The van der Waals surface area contributed by atoms with Gasteiger partial charge in [0.15, 0.2) is 0 Å². The van der Waals surface area contributed by atoms with E-state index in [1.807, 2.05) is 26.8 Å². The average Bonchev–Trinajstić information content (AvgIpc) is 2.89. The molecule has 2 rings (SSSR count). The Morgan fingerprint density at radius 2 is 2.04 bits per heavy atom. The molecule has 2 N–H and O–H groups in total. The second kappa shape index (κ2) is 8.25. The lowest BCUT2D eigenvalue weighted by molar-refractivity contribution is -0.161. The predicted octanol–water partition coefficient (Wildman–Crippen LogP) is 4.39. The van der Waals surface area contributed by atoms with Crippen molar-refractivity contribution in [1.29, 1.82) is 0 Å². The first-order valence-electron chi connectivity index (χ1n) is 9.26. The zero-order valence-electron chi connectivity index (χ0n) is 16.7. The van der Waals surface area contributed by atoms with Crippen LogP contribution in [0.2, 0.25) is 0 Å². The summed E-state index contributed by atoms with van der Waals surface area (Å²) in [5.74, 6) is -1.32. The topological polar surface area (TPSA) is 87.1 Å². The van der Waals surface area contributed by atoms with Crippen LogP contribution in [0.1, 0.15) is 45.7 Å². The molecule has 0 radical (unpaired) electrons. The van der Waals surface area contributed by atoms with Crippen LogP contribution in [0.4, 0.5) is 4.79 Å². The van der Waals surface area contributed by atoms with E-state index < -0.39 is 41.1 Å². The van der Waals surface area contributed by atoms with Crippen LogP contribution in [-0.2, 0) is 9.53 Å². The molecule has 0 spiro atoms. The smallest absolute Gasteiger partial charge is 0.408 e. The molecule has 154 valence electrons. The van der Waals surface area contributed by atoms with Gasteiger partial charge < -0.3 is 14.9 Å². The fraction of sp³-hybridized carbons (Fsp3) is 0.524. The van der Waals surface area contributed by atoms with E-state index in [0.717, 1.165) is 9.37 Å². The van der Waals surface area contributed by atoms with E-state index in [2.05, 4.69) is 22.5 Å². The minimum Gasteiger partial charge on any atom is -0.465 e. The number of carbonyl (C=O) groups is 2. The van der Waals surface area contributed by atoms with Gasteiger partial charge in [-0.05, 0) is 29.5 Å². The Kier molecular flexibility index (Phi) is 6.61. The minimum atomic E-state index is -1.51.